The summed E-state index contributed by atoms with van der Waals surface area (Å²) in [5.41, 5.74) is 1.20. The number of benzene rings is 1. The second-order valence-corrected chi connectivity index (χ2v) is 8.27. The van der Waals surface area contributed by atoms with E-state index in [0.717, 1.165) is 0 Å². The number of allylic oxidation sites excluding steroid dienone is 2. The molecule has 8 nitrogen and oxygen atoms in total. The van der Waals surface area contributed by atoms with Crippen LogP contribution in [0.2, 0.25) is 0 Å². The predicted octanol–water partition coefficient (Wildman–Crippen LogP) is 3.68. The maximum Gasteiger partial charge on any atom is 0.315 e. The van der Waals surface area contributed by atoms with E-state index in [1.807, 2.05) is 13.8 Å². The third-order valence-electron chi connectivity index (χ3n) is 5.40. The van der Waals surface area contributed by atoms with Crippen LogP contribution in [0, 0.1) is 21.4 Å². The molecular weight excluding hydrogens is 376 g/mol. The Kier molecular flexibility index (Phi) is 5.30. The first-order valence-corrected chi connectivity index (χ1v) is 9.51. The van der Waals surface area contributed by atoms with Crippen LogP contribution >= 0.6 is 0 Å². The SMILES string of the molecule is CCOC(=O)C1C(C)=NC2=C(C(=O)CC(C)(C)C2)[C@H]1c1ccc(O)c([N+](=O)[O-])c1. The lowest BCUT2D eigenvalue weighted by molar-refractivity contribution is -0.385. The minimum Gasteiger partial charge on any atom is -0.502 e. The molecule has 1 heterocycles. The molecule has 8 heteroatoms. The molecule has 0 spiro atoms. The zero-order valence-electron chi connectivity index (χ0n) is 16.9. The summed E-state index contributed by atoms with van der Waals surface area (Å²) in [4.78, 5) is 41.1. The summed E-state index contributed by atoms with van der Waals surface area (Å²) < 4.78 is 5.22. The highest BCUT2D eigenvalue weighted by Gasteiger charge is 2.46. The number of carbonyl (C=O) groups excluding carboxylic acids is 2. The maximum absolute atomic E-state index is 13.1. The minimum absolute atomic E-state index is 0.123. The summed E-state index contributed by atoms with van der Waals surface area (Å²) in [5, 5.41) is 21.2. The number of aliphatic imine (C=N–C) groups is 1. The summed E-state index contributed by atoms with van der Waals surface area (Å²) in [6, 6.07) is 3.95. The number of nitrogens with zero attached hydrogens (tertiary/aromatic N) is 2. The van der Waals surface area contributed by atoms with Crippen molar-refractivity contribution in [2.45, 2.75) is 46.5 Å². The topological polar surface area (TPSA) is 119 Å². The second kappa shape index (κ2) is 7.42. The molecule has 0 saturated heterocycles. The number of aromatic hydroxyl groups is 1. The smallest absolute Gasteiger partial charge is 0.315 e. The van der Waals surface area contributed by atoms with Gasteiger partial charge in [-0.05, 0) is 37.3 Å². The number of phenolic OH excluding ortho intramolecular Hbond substituents is 1. The van der Waals surface area contributed by atoms with Crippen LogP contribution in [-0.2, 0) is 14.3 Å². The van der Waals surface area contributed by atoms with Gasteiger partial charge in [0.2, 0.25) is 0 Å². The molecule has 154 valence electrons. The highest BCUT2D eigenvalue weighted by molar-refractivity contribution is 6.09. The number of hydrogen-bond donors (Lipinski definition) is 1. The van der Waals surface area contributed by atoms with Crippen LogP contribution < -0.4 is 0 Å². The van der Waals surface area contributed by atoms with Crippen LogP contribution in [0.1, 0.15) is 52.0 Å². The zero-order chi connectivity index (χ0) is 21.5. The van der Waals surface area contributed by atoms with E-state index < -0.39 is 34.2 Å². The van der Waals surface area contributed by atoms with Gasteiger partial charge in [-0.3, -0.25) is 24.7 Å². The first kappa shape index (κ1) is 20.7. The van der Waals surface area contributed by atoms with Gasteiger partial charge in [-0.15, -0.1) is 0 Å². The van der Waals surface area contributed by atoms with E-state index in [9.17, 15) is 24.8 Å². The highest BCUT2D eigenvalue weighted by Crippen LogP contribution is 2.48. The molecule has 1 aliphatic heterocycles. The number of ketones is 1. The standard InChI is InChI=1S/C21H24N2O6/c1-5-29-20(26)17-11(2)22-13-9-21(3,4)10-16(25)19(13)18(17)12-6-7-15(24)14(8-12)23(27)28/h6-8,17-18,24H,5,9-10H2,1-4H3/t17?,18-/m0/s1. The molecule has 1 unspecified atom stereocenters. The van der Waals surface area contributed by atoms with E-state index in [1.165, 1.54) is 18.2 Å². The van der Waals surface area contributed by atoms with Gasteiger partial charge in [0.25, 0.3) is 0 Å². The molecule has 1 aromatic carbocycles. The fraction of sp³-hybridized carbons (Fsp3) is 0.476. The lowest BCUT2D eigenvalue weighted by Gasteiger charge is -2.38. The summed E-state index contributed by atoms with van der Waals surface area (Å²) >= 11 is 0. The Morgan fingerprint density at radius 3 is 2.69 bits per heavy atom. The molecule has 0 bridgehead atoms. The Labute approximate surface area is 168 Å². The first-order chi connectivity index (χ1) is 13.6. The Morgan fingerprint density at radius 2 is 2.07 bits per heavy atom. The van der Waals surface area contributed by atoms with Gasteiger partial charge in [0.1, 0.15) is 5.92 Å². The van der Waals surface area contributed by atoms with Gasteiger partial charge in [0, 0.05) is 35.4 Å². The van der Waals surface area contributed by atoms with E-state index in [-0.39, 0.29) is 17.8 Å². The normalized spacial score (nSPS) is 23.3. The van der Waals surface area contributed by atoms with Crippen LogP contribution in [0.5, 0.6) is 5.75 Å². The summed E-state index contributed by atoms with van der Waals surface area (Å²) in [6.07, 6.45) is 0.865. The van der Waals surface area contributed by atoms with Crippen molar-refractivity contribution in [1.29, 1.82) is 0 Å². The van der Waals surface area contributed by atoms with Crippen molar-refractivity contribution >= 4 is 23.2 Å². The van der Waals surface area contributed by atoms with Gasteiger partial charge in [0.15, 0.2) is 11.5 Å². The van der Waals surface area contributed by atoms with Crippen LogP contribution in [0.25, 0.3) is 0 Å². The number of esters is 1. The number of rotatable bonds is 4. The highest BCUT2D eigenvalue weighted by atomic mass is 16.6. The number of ether oxygens (including phenoxy) is 1. The van der Waals surface area contributed by atoms with Gasteiger partial charge < -0.3 is 9.84 Å². The lowest BCUT2D eigenvalue weighted by atomic mass is 9.67. The molecule has 1 N–H and O–H groups in total. The predicted molar refractivity (Wildman–Crippen MR) is 106 cm³/mol. The van der Waals surface area contributed by atoms with Crippen LogP contribution in [-0.4, -0.2) is 34.1 Å². The monoisotopic (exact) mass is 400 g/mol. The van der Waals surface area contributed by atoms with Crippen LogP contribution in [0.3, 0.4) is 0 Å². The molecule has 0 radical (unpaired) electrons. The van der Waals surface area contributed by atoms with Gasteiger partial charge in [-0.2, -0.15) is 0 Å². The Balaban J connectivity index is 2.22. The van der Waals surface area contributed by atoms with E-state index in [1.54, 1.807) is 13.8 Å². The molecule has 0 saturated carbocycles. The number of Topliss-reactive ketones (excluding diaryl/α,β-unsaturated/α-hetero) is 1. The molecule has 0 fully saturated rings. The Hall–Kier alpha value is -3.03. The number of phenols is 1. The molecule has 0 aromatic heterocycles. The minimum atomic E-state index is -0.858. The van der Waals surface area contributed by atoms with Crippen molar-refractivity contribution in [3.05, 3.63) is 45.1 Å². The number of nitro benzene ring substituents is 1. The Bertz CT molecular complexity index is 960. The van der Waals surface area contributed by atoms with Crippen molar-refractivity contribution < 1.29 is 24.4 Å². The van der Waals surface area contributed by atoms with E-state index in [0.29, 0.717) is 35.4 Å². The molecule has 29 heavy (non-hydrogen) atoms. The largest absolute Gasteiger partial charge is 0.502 e. The maximum atomic E-state index is 13.1. The summed E-state index contributed by atoms with van der Waals surface area (Å²) in [7, 11) is 0. The molecule has 0 amide bonds. The second-order valence-electron chi connectivity index (χ2n) is 8.27. The van der Waals surface area contributed by atoms with E-state index >= 15 is 0 Å². The fourth-order valence-corrected chi connectivity index (χ4v) is 4.22. The van der Waals surface area contributed by atoms with Crippen molar-refractivity contribution in [3.63, 3.8) is 0 Å². The quantitative estimate of drug-likeness (QED) is 0.468. The average molecular weight is 400 g/mol. The summed E-state index contributed by atoms with van der Waals surface area (Å²) in [5.74, 6) is -2.73. The van der Waals surface area contributed by atoms with Gasteiger partial charge in [0.05, 0.1) is 11.5 Å². The van der Waals surface area contributed by atoms with Crippen molar-refractivity contribution in [3.8, 4) is 5.75 Å². The number of carbonyl (C=O) groups is 2. The number of hydrogen-bond acceptors (Lipinski definition) is 7. The molecule has 1 aliphatic carbocycles. The first-order valence-electron chi connectivity index (χ1n) is 9.51. The van der Waals surface area contributed by atoms with Gasteiger partial charge >= 0.3 is 11.7 Å². The third kappa shape index (κ3) is 3.79. The average Bonchev–Trinajstić information content (AvgIpc) is 2.59. The lowest BCUT2D eigenvalue weighted by Crippen LogP contribution is -2.39. The third-order valence-corrected chi connectivity index (χ3v) is 5.40. The number of nitro groups is 1. The Morgan fingerprint density at radius 1 is 1.38 bits per heavy atom. The van der Waals surface area contributed by atoms with Crippen molar-refractivity contribution in [1.82, 2.24) is 0 Å². The molecule has 1 aromatic rings. The molecule has 3 rings (SSSR count). The molecular formula is C21H24N2O6. The van der Waals surface area contributed by atoms with Gasteiger partial charge in [-0.25, -0.2) is 0 Å². The van der Waals surface area contributed by atoms with E-state index in [4.69, 9.17) is 4.74 Å². The zero-order valence-corrected chi connectivity index (χ0v) is 16.9. The van der Waals surface area contributed by atoms with E-state index in [2.05, 4.69) is 4.99 Å². The van der Waals surface area contributed by atoms with Crippen molar-refractivity contribution in [2.24, 2.45) is 16.3 Å². The van der Waals surface area contributed by atoms with Gasteiger partial charge in [-0.1, -0.05) is 19.9 Å². The van der Waals surface area contributed by atoms with Crippen LogP contribution in [0.15, 0.2) is 34.5 Å². The fourth-order valence-electron chi connectivity index (χ4n) is 4.22. The molecule has 2 aliphatic rings. The molecule has 2 atom stereocenters. The van der Waals surface area contributed by atoms with Crippen molar-refractivity contribution in [2.75, 3.05) is 6.61 Å². The van der Waals surface area contributed by atoms with Crippen LogP contribution in [0.4, 0.5) is 5.69 Å². The summed E-state index contributed by atoms with van der Waals surface area (Å²) in [6.45, 7) is 7.53.